The molecule has 0 spiro atoms. The fourth-order valence-electron chi connectivity index (χ4n) is 3.07. The Kier molecular flexibility index (Phi) is 3.60. The van der Waals surface area contributed by atoms with E-state index in [1.165, 1.54) is 0 Å². The van der Waals surface area contributed by atoms with Crippen LogP contribution in [0.3, 0.4) is 0 Å². The number of nitrogens with zero attached hydrogens (tertiary/aromatic N) is 6. The van der Waals surface area contributed by atoms with Crippen molar-refractivity contribution in [3.8, 4) is 0 Å². The number of fused-ring (bicyclic) bond motifs is 1. The standard InChI is InChI=1S/C17H18N6O/c1-13-11-18-12-19-17(13)22-8-6-21(7-9-22)15-10-16(24)23-5-3-2-4-14(23)20-15/h2-5,10-12H,6-9H2,1H3. The quantitative estimate of drug-likeness (QED) is 0.704. The lowest BCUT2D eigenvalue weighted by Gasteiger charge is -2.36. The number of aryl methyl sites for hydroxylation is 1. The van der Waals surface area contributed by atoms with E-state index in [1.807, 2.05) is 31.3 Å². The molecule has 1 fully saturated rings. The van der Waals surface area contributed by atoms with Gasteiger partial charge in [-0.3, -0.25) is 9.20 Å². The lowest BCUT2D eigenvalue weighted by Crippen LogP contribution is -2.47. The Morgan fingerprint density at radius 1 is 1.08 bits per heavy atom. The Morgan fingerprint density at radius 2 is 1.88 bits per heavy atom. The maximum atomic E-state index is 12.2. The van der Waals surface area contributed by atoms with Crippen LogP contribution < -0.4 is 15.4 Å². The molecule has 7 nitrogen and oxygen atoms in total. The molecule has 0 radical (unpaired) electrons. The van der Waals surface area contributed by atoms with Gasteiger partial charge in [0.05, 0.1) is 0 Å². The topological polar surface area (TPSA) is 66.6 Å². The van der Waals surface area contributed by atoms with Crippen LogP contribution in [0, 0.1) is 6.92 Å². The number of rotatable bonds is 2. The van der Waals surface area contributed by atoms with Gasteiger partial charge in [0, 0.05) is 50.2 Å². The highest BCUT2D eigenvalue weighted by atomic mass is 16.1. The van der Waals surface area contributed by atoms with E-state index in [1.54, 1.807) is 23.0 Å². The maximum Gasteiger partial charge on any atom is 0.259 e. The number of anilines is 2. The molecule has 4 rings (SSSR count). The summed E-state index contributed by atoms with van der Waals surface area (Å²) in [5, 5.41) is 0. The lowest BCUT2D eigenvalue weighted by molar-refractivity contribution is 0.639. The van der Waals surface area contributed by atoms with Gasteiger partial charge in [0.2, 0.25) is 0 Å². The zero-order chi connectivity index (χ0) is 16.5. The van der Waals surface area contributed by atoms with Crippen molar-refractivity contribution in [2.24, 2.45) is 0 Å². The van der Waals surface area contributed by atoms with Crippen LogP contribution in [0.2, 0.25) is 0 Å². The van der Waals surface area contributed by atoms with Gasteiger partial charge in [-0.2, -0.15) is 0 Å². The predicted octanol–water partition coefficient (Wildman–Crippen LogP) is 1.12. The van der Waals surface area contributed by atoms with Crippen LogP contribution in [0.15, 0.2) is 47.8 Å². The van der Waals surface area contributed by atoms with Crippen LogP contribution in [0.1, 0.15) is 5.56 Å². The Balaban J connectivity index is 1.56. The minimum Gasteiger partial charge on any atom is -0.353 e. The molecule has 0 aromatic carbocycles. The third-order valence-electron chi connectivity index (χ3n) is 4.33. The molecule has 0 atom stereocenters. The second-order valence-corrected chi connectivity index (χ2v) is 5.88. The summed E-state index contributed by atoms with van der Waals surface area (Å²) in [6.45, 7) is 5.31. The first-order valence-corrected chi connectivity index (χ1v) is 7.97. The maximum absolute atomic E-state index is 12.2. The summed E-state index contributed by atoms with van der Waals surface area (Å²) in [6, 6.07) is 7.18. The van der Waals surface area contributed by atoms with Crippen LogP contribution in [0.4, 0.5) is 11.6 Å². The van der Waals surface area contributed by atoms with Gasteiger partial charge in [0.25, 0.3) is 5.56 Å². The summed E-state index contributed by atoms with van der Waals surface area (Å²) in [5.74, 6) is 1.72. The summed E-state index contributed by atoms with van der Waals surface area (Å²) in [5.41, 5.74) is 1.70. The molecule has 0 saturated carbocycles. The van der Waals surface area contributed by atoms with Gasteiger partial charge in [-0.05, 0) is 19.1 Å². The molecule has 3 aromatic heterocycles. The van der Waals surface area contributed by atoms with Crippen molar-refractivity contribution in [1.82, 2.24) is 19.4 Å². The first-order valence-electron chi connectivity index (χ1n) is 7.97. The van der Waals surface area contributed by atoms with E-state index in [0.29, 0.717) is 5.65 Å². The summed E-state index contributed by atoms with van der Waals surface area (Å²) in [6.07, 6.45) is 5.16. The summed E-state index contributed by atoms with van der Waals surface area (Å²) in [4.78, 5) is 29.7. The molecule has 4 heterocycles. The average molecular weight is 322 g/mol. The monoisotopic (exact) mass is 322 g/mol. The van der Waals surface area contributed by atoms with E-state index >= 15 is 0 Å². The first-order chi connectivity index (χ1) is 11.7. The molecule has 3 aromatic rings. The number of hydrogen-bond acceptors (Lipinski definition) is 6. The van der Waals surface area contributed by atoms with Crippen LogP contribution in [0.25, 0.3) is 5.65 Å². The number of hydrogen-bond donors (Lipinski definition) is 0. The molecule has 0 bridgehead atoms. The number of piperazine rings is 1. The third-order valence-corrected chi connectivity index (χ3v) is 4.33. The van der Waals surface area contributed by atoms with Gasteiger partial charge in [-0.1, -0.05) is 6.07 Å². The molecular weight excluding hydrogens is 304 g/mol. The van der Waals surface area contributed by atoms with Crippen molar-refractivity contribution >= 4 is 17.3 Å². The van der Waals surface area contributed by atoms with Crippen molar-refractivity contribution in [3.05, 3.63) is 58.9 Å². The molecule has 122 valence electrons. The van der Waals surface area contributed by atoms with Gasteiger partial charge in [0.1, 0.15) is 23.6 Å². The Labute approximate surface area is 139 Å². The molecule has 7 heteroatoms. The van der Waals surface area contributed by atoms with E-state index < -0.39 is 0 Å². The SMILES string of the molecule is Cc1cncnc1N1CCN(c2cc(=O)n3ccccc3n2)CC1. The molecule has 1 aliphatic rings. The van der Waals surface area contributed by atoms with Crippen molar-refractivity contribution in [3.63, 3.8) is 0 Å². The number of pyridine rings is 1. The van der Waals surface area contributed by atoms with Crippen molar-refractivity contribution in [2.75, 3.05) is 36.0 Å². The zero-order valence-electron chi connectivity index (χ0n) is 13.5. The van der Waals surface area contributed by atoms with Crippen LogP contribution in [-0.4, -0.2) is 45.5 Å². The van der Waals surface area contributed by atoms with E-state index in [2.05, 4.69) is 24.8 Å². The summed E-state index contributed by atoms with van der Waals surface area (Å²) < 4.78 is 1.56. The van der Waals surface area contributed by atoms with Crippen LogP contribution in [0.5, 0.6) is 0 Å². The summed E-state index contributed by atoms with van der Waals surface area (Å²) >= 11 is 0. The van der Waals surface area contributed by atoms with Gasteiger partial charge in [-0.15, -0.1) is 0 Å². The van der Waals surface area contributed by atoms with E-state index in [-0.39, 0.29) is 5.56 Å². The van der Waals surface area contributed by atoms with Crippen molar-refractivity contribution in [2.45, 2.75) is 6.92 Å². The fraction of sp³-hybridized carbons (Fsp3) is 0.294. The normalized spacial score (nSPS) is 15.0. The smallest absolute Gasteiger partial charge is 0.259 e. The largest absolute Gasteiger partial charge is 0.353 e. The Bertz CT molecular complexity index is 930. The van der Waals surface area contributed by atoms with Gasteiger partial charge >= 0.3 is 0 Å². The predicted molar refractivity (Wildman–Crippen MR) is 92.7 cm³/mol. The van der Waals surface area contributed by atoms with Crippen LogP contribution in [-0.2, 0) is 0 Å². The molecular formula is C17H18N6O. The second kappa shape index (κ2) is 5.92. The molecule has 0 unspecified atom stereocenters. The lowest BCUT2D eigenvalue weighted by atomic mass is 10.2. The van der Waals surface area contributed by atoms with Gasteiger partial charge in [-0.25, -0.2) is 15.0 Å². The minimum absolute atomic E-state index is 0.0512. The molecule has 0 amide bonds. The Morgan fingerprint density at radius 3 is 2.67 bits per heavy atom. The molecule has 1 saturated heterocycles. The van der Waals surface area contributed by atoms with Gasteiger partial charge in [0.15, 0.2) is 0 Å². The minimum atomic E-state index is -0.0512. The second-order valence-electron chi connectivity index (χ2n) is 5.88. The van der Waals surface area contributed by atoms with E-state index in [4.69, 9.17) is 0 Å². The molecule has 0 N–H and O–H groups in total. The Hall–Kier alpha value is -2.96. The van der Waals surface area contributed by atoms with Crippen molar-refractivity contribution in [1.29, 1.82) is 0 Å². The third kappa shape index (κ3) is 2.58. The highest BCUT2D eigenvalue weighted by Gasteiger charge is 2.21. The highest BCUT2D eigenvalue weighted by molar-refractivity contribution is 5.51. The van der Waals surface area contributed by atoms with Gasteiger partial charge < -0.3 is 9.80 Å². The van der Waals surface area contributed by atoms with Crippen LogP contribution >= 0.6 is 0 Å². The highest BCUT2D eigenvalue weighted by Crippen LogP contribution is 2.19. The number of aromatic nitrogens is 4. The summed E-state index contributed by atoms with van der Waals surface area (Å²) in [7, 11) is 0. The first kappa shape index (κ1) is 14.6. The molecule has 1 aliphatic heterocycles. The van der Waals surface area contributed by atoms with E-state index in [9.17, 15) is 4.79 Å². The van der Waals surface area contributed by atoms with E-state index in [0.717, 1.165) is 43.4 Å². The molecule has 0 aliphatic carbocycles. The zero-order valence-corrected chi connectivity index (χ0v) is 13.5. The van der Waals surface area contributed by atoms with Crippen molar-refractivity contribution < 1.29 is 0 Å². The average Bonchev–Trinajstić information content (AvgIpc) is 2.62. The molecule has 24 heavy (non-hydrogen) atoms. The fourth-order valence-corrected chi connectivity index (χ4v) is 3.07.